The van der Waals surface area contributed by atoms with E-state index in [1.54, 1.807) is 0 Å². The largest absolute Gasteiger partial charge is 1.00 e. The molecule has 3 rings (SSSR count). The molecule has 0 amide bonds. The lowest BCUT2D eigenvalue weighted by Crippen LogP contribution is -3.00. The van der Waals surface area contributed by atoms with Crippen LogP contribution in [-0.4, -0.2) is 4.98 Å². The highest BCUT2D eigenvalue weighted by atomic mass is 127. The van der Waals surface area contributed by atoms with Gasteiger partial charge in [0, 0.05) is 29.8 Å². The normalized spacial score (nSPS) is 10.7. The molecule has 0 spiro atoms. The van der Waals surface area contributed by atoms with Crippen LogP contribution in [0, 0.1) is 0 Å². The third-order valence-electron chi connectivity index (χ3n) is 3.17. The molecule has 0 radical (unpaired) electrons. The predicted octanol–water partition coefficient (Wildman–Crippen LogP) is 0.234. The van der Waals surface area contributed by atoms with Crippen molar-refractivity contribution < 1.29 is 28.5 Å². The molecule has 3 heteroatoms. The van der Waals surface area contributed by atoms with Crippen LogP contribution in [0.1, 0.15) is 11.3 Å². The van der Waals surface area contributed by atoms with E-state index < -0.39 is 0 Å². The Bertz CT molecular complexity index is 751. The number of aromatic nitrogens is 2. The first kappa shape index (κ1) is 14.7. The van der Waals surface area contributed by atoms with Crippen molar-refractivity contribution in [1.82, 2.24) is 4.98 Å². The second-order valence-corrected chi connectivity index (χ2v) is 4.53. The first-order chi connectivity index (χ1) is 9.33. The zero-order chi connectivity index (χ0) is 13.1. The minimum Gasteiger partial charge on any atom is -1.00 e. The van der Waals surface area contributed by atoms with Crippen LogP contribution in [0.2, 0.25) is 0 Å². The Morgan fingerprint density at radius 3 is 2.75 bits per heavy atom. The lowest BCUT2D eigenvalue weighted by Gasteiger charge is -1.98. The number of nitrogens with zero attached hydrogens (tertiary/aromatic N) is 2. The number of benzene rings is 1. The molecule has 2 nitrogen and oxygen atoms in total. The summed E-state index contributed by atoms with van der Waals surface area (Å²) < 4.78 is 2.10. The van der Waals surface area contributed by atoms with Crippen LogP contribution in [-0.2, 0) is 7.05 Å². The van der Waals surface area contributed by atoms with E-state index in [-0.39, 0.29) is 24.0 Å². The van der Waals surface area contributed by atoms with Gasteiger partial charge in [-0.15, -0.1) is 0 Å². The van der Waals surface area contributed by atoms with Crippen molar-refractivity contribution in [2.45, 2.75) is 0 Å². The van der Waals surface area contributed by atoms with Crippen molar-refractivity contribution in [3.05, 3.63) is 72.2 Å². The topological polar surface area (TPSA) is 16.8 Å². The van der Waals surface area contributed by atoms with Crippen LogP contribution in [0.4, 0.5) is 0 Å². The van der Waals surface area contributed by atoms with E-state index in [1.165, 1.54) is 16.6 Å². The van der Waals surface area contributed by atoms with Gasteiger partial charge in [0.15, 0.2) is 6.20 Å². The van der Waals surface area contributed by atoms with E-state index in [9.17, 15) is 0 Å². The molecule has 1 aromatic carbocycles. The number of fused-ring (bicyclic) bond motifs is 1. The molecule has 0 atom stereocenters. The fourth-order valence-electron chi connectivity index (χ4n) is 2.09. The van der Waals surface area contributed by atoms with Crippen molar-refractivity contribution in [3.8, 4) is 0 Å². The zero-order valence-electron chi connectivity index (χ0n) is 11.2. The summed E-state index contributed by atoms with van der Waals surface area (Å²) in [5.41, 5.74) is 3.39. The maximum absolute atomic E-state index is 4.33. The Labute approximate surface area is 135 Å². The Morgan fingerprint density at radius 2 is 1.90 bits per heavy atom. The summed E-state index contributed by atoms with van der Waals surface area (Å²) in [6.45, 7) is 0. The summed E-state index contributed by atoms with van der Waals surface area (Å²) in [6, 6.07) is 16.5. The van der Waals surface area contributed by atoms with E-state index in [0.29, 0.717) is 0 Å². The molecule has 0 fully saturated rings. The fourth-order valence-corrected chi connectivity index (χ4v) is 2.09. The number of rotatable bonds is 2. The molecule has 0 aliphatic carbocycles. The van der Waals surface area contributed by atoms with Gasteiger partial charge in [-0.3, -0.25) is 4.98 Å². The average molecular weight is 374 g/mol. The summed E-state index contributed by atoms with van der Waals surface area (Å²) >= 11 is 0. The van der Waals surface area contributed by atoms with E-state index in [1.807, 2.05) is 37.6 Å². The number of hydrogen-bond acceptors (Lipinski definition) is 1. The Hall–Kier alpha value is -1.75. The summed E-state index contributed by atoms with van der Waals surface area (Å²) in [5, 5.41) is 1.17. The molecular formula is C17H15IN2. The summed E-state index contributed by atoms with van der Waals surface area (Å²) in [4.78, 5) is 4.33. The second-order valence-electron chi connectivity index (χ2n) is 4.53. The van der Waals surface area contributed by atoms with Crippen molar-refractivity contribution in [3.63, 3.8) is 0 Å². The standard InChI is InChI=1S/C17H15N2.HI/c1-19-12-3-2-6-16(19)9-7-14-8-10-17-15(13-14)5-4-11-18-17;/h2-13H,1H3;1H/q+1;/p-1. The van der Waals surface area contributed by atoms with Crippen LogP contribution < -0.4 is 28.5 Å². The SMILES string of the molecule is C[n+]1ccccc1/C=C/c1ccc2ncccc2c1.[I-]. The van der Waals surface area contributed by atoms with Gasteiger partial charge in [0.05, 0.1) is 5.52 Å². The highest BCUT2D eigenvalue weighted by Crippen LogP contribution is 2.15. The molecule has 0 bridgehead atoms. The van der Waals surface area contributed by atoms with Gasteiger partial charge in [-0.2, -0.15) is 0 Å². The van der Waals surface area contributed by atoms with Crippen LogP contribution in [0.3, 0.4) is 0 Å². The van der Waals surface area contributed by atoms with E-state index in [2.05, 4.69) is 52.0 Å². The Morgan fingerprint density at radius 1 is 1.00 bits per heavy atom. The van der Waals surface area contributed by atoms with Crippen LogP contribution >= 0.6 is 0 Å². The first-order valence-electron chi connectivity index (χ1n) is 6.30. The number of aryl methyl sites for hydroxylation is 1. The highest BCUT2D eigenvalue weighted by Gasteiger charge is 1.99. The number of hydrogen-bond donors (Lipinski definition) is 0. The third kappa shape index (κ3) is 3.22. The predicted molar refractivity (Wildman–Crippen MR) is 78.3 cm³/mol. The molecule has 0 saturated heterocycles. The number of halogens is 1. The molecular weight excluding hydrogens is 359 g/mol. The second kappa shape index (κ2) is 6.61. The summed E-state index contributed by atoms with van der Waals surface area (Å²) in [7, 11) is 2.05. The zero-order valence-corrected chi connectivity index (χ0v) is 13.4. The maximum Gasteiger partial charge on any atom is 0.204 e. The molecule has 0 aliphatic heterocycles. The average Bonchev–Trinajstić information content (AvgIpc) is 2.46. The Balaban J connectivity index is 0.00000147. The van der Waals surface area contributed by atoms with Crippen molar-refractivity contribution in [2.24, 2.45) is 7.05 Å². The summed E-state index contributed by atoms with van der Waals surface area (Å²) in [6.07, 6.45) is 8.12. The molecule has 3 aromatic rings. The molecule has 2 aromatic heterocycles. The molecule has 0 saturated carbocycles. The molecule has 0 unspecified atom stereocenters. The van der Waals surface area contributed by atoms with Gasteiger partial charge in [-0.05, 0) is 35.9 Å². The third-order valence-corrected chi connectivity index (χ3v) is 3.17. The smallest absolute Gasteiger partial charge is 0.204 e. The van der Waals surface area contributed by atoms with Crippen molar-refractivity contribution >= 4 is 23.1 Å². The van der Waals surface area contributed by atoms with Crippen LogP contribution in [0.15, 0.2) is 60.9 Å². The van der Waals surface area contributed by atoms with E-state index in [4.69, 9.17) is 0 Å². The van der Waals surface area contributed by atoms with E-state index in [0.717, 1.165) is 5.52 Å². The summed E-state index contributed by atoms with van der Waals surface area (Å²) in [5.74, 6) is 0. The molecule has 0 aliphatic rings. The molecule has 20 heavy (non-hydrogen) atoms. The van der Waals surface area contributed by atoms with Gasteiger partial charge < -0.3 is 24.0 Å². The molecule has 2 heterocycles. The fraction of sp³-hybridized carbons (Fsp3) is 0.0588. The van der Waals surface area contributed by atoms with Crippen LogP contribution in [0.25, 0.3) is 23.1 Å². The van der Waals surface area contributed by atoms with E-state index >= 15 is 0 Å². The van der Waals surface area contributed by atoms with Gasteiger partial charge in [0.1, 0.15) is 7.05 Å². The monoisotopic (exact) mass is 374 g/mol. The Kier molecular flexibility index (Phi) is 4.84. The van der Waals surface area contributed by atoms with Gasteiger partial charge in [-0.25, -0.2) is 4.57 Å². The van der Waals surface area contributed by atoms with Gasteiger partial charge in [-0.1, -0.05) is 12.1 Å². The van der Waals surface area contributed by atoms with Gasteiger partial charge in [0.25, 0.3) is 0 Å². The maximum atomic E-state index is 4.33. The minimum atomic E-state index is 0. The first-order valence-corrected chi connectivity index (χ1v) is 6.30. The quantitative estimate of drug-likeness (QED) is 0.464. The van der Waals surface area contributed by atoms with Gasteiger partial charge >= 0.3 is 0 Å². The van der Waals surface area contributed by atoms with Crippen molar-refractivity contribution in [2.75, 3.05) is 0 Å². The minimum absolute atomic E-state index is 0. The lowest BCUT2D eigenvalue weighted by molar-refractivity contribution is -0.673. The molecule has 0 N–H and O–H groups in total. The van der Waals surface area contributed by atoms with Crippen LogP contribution in [0.5, 0.6) is 0 Å². The lowest BCUT2D eigenvalue weighted by atomic mass is 10.1. The van der Waals surface area contributed by atoms with Crippen molar-refractivity contribution in [1.29, 1.82) is 0 Å². The van der Waals surface area contributed by atoms with Gasteiger partial charge in [0.2, 0.25) is 5.69 Å². The molecule has 100 valence electrons. The highest BCUT2D eigenvalue weighted by molar-refractivity contribution is 5.82. The number of pyridine rings is 2.